The number of aryl methyl sites for hydroxylation is 1. The quantitative estimate of drug-likeness (QED) is 0.607. The van der Waals surface area contributed by atoms with Crippen molar-refractivity contribution in [2.24, 2.45) is 7.05 Å². The second-order valence-corrected chi connectivity index (χ2v) is 6.24. The standard InChI is InChI=1S/C15H19N5O2S/c1-19(2)8-13(21)11-4-6-12(7-5-11)17-14(22)9-23-15-18-16-10-20(15)3/h4-7,10H,8-9H2,1-3H3,(H,17,22). The van der Waals surface area contributed by atoms with Gasteiger partial charge in [0.2, 0.25) is 5.91 Å². The number of hydrogen-bond acceptors (Lipinski definition) is 6. The summed E-state index contributed by atoms with van der Waals surface area (Å²) in [6.07, 6.45) is 1.59. The Kier molecular flexibility index (Phi) is 5.89. The van der Waals surface area contributed by atoms with Crippen molar-refractivity contribution >= 4 is 29.1 Å². The van der Waals surface area contributed by atoms with Crippen LogP contribution in [0, 0.1) is 0 Å². The molecule has 0 aliphatic carbocycles. The third kappa shape index (κ3) is 5.19. The SMILES string of the molecule is CN(C)CC(=O)c1ccc(NC(=O)CSc2nncn2C)cc1. The molecule has 1 heterocycles. The van der Waals surface area contributed by atoms with Crippen LogP contribution in [0.5, 0.6) is 0 Å². The summed E-state index contributed by atoms with van der Waals surface area (Å²) in [5.41, 5.74) is 1.29. The lowest BCUT2D eigenvalue weighted by atomic mass is 10.1. The first-order valence-electron chi connectivity index (χ1n) is 7.00. The molecule has 2 rings (SSSR count). The van der Waals surface area contributed by atoms with Gasteiger partial charge in [-0.25, -0.2) is 0 Å². The fourth-order valence-electron chi connectivity index (χ4n) is 1.85. The monoisotopic (exact) mass is 333 g/mol. The molecule has 23 heavy (non-hydrogen) atoms. The highest BCUT2D eigenvalue weighted by Gasteiger charge is 2.09. The number of aromatic nitrogens is 3. The molecule has 0 unspecified atom stereocenters. The van der Waals surface area contributed by atoms with Gasteiger partial charge in [-0.05, 0) is 38.4 Å². The van der Waals surface area contributed by atoms with Crippen molar-refractivity contribution in [2.75, 3.05) is 31.7 Å². The zero-order chi connectivity index (χ0) is 16.8. The molecule has 7 nitrogen and oxygen atoms in total. The van der Waals surface area contributed by atoms with Crippen LogP contribution < -0.4 is 5.32 Å². The number of hydrogen-bond donors (Lipinski definition) is 1. The lowest BCUT2D eigenvalue weighted by Crippen LogP contribution is -2.21. The molecular weight excluding hydrogens is 314 g/mol. The third-order valence-corrected chi connectivity index (χ3v) is 3.99. The molecule has 0 radical (unpaired) electrons. The minimum Gasteiger partial charge on any atom is -0.325 e. The number of benzene rings is 1. The number of nitrogens with one attached hydrogen (secondary N) is 1. The molecule has 1 amide bonds. The van der Waals surface area contributed by atoms with Gasteiger partial charge in [0, 0.05) is 18.3 Å². The number of thioether (sulfide) groups is 1. The first-order chi connectivity index (χ1) is 11.0. The Bertz CT molecular complexity index is 681. The number of anilines is 1. The predicted octanol–water partition coefficient (Wildman–Crippen LogP) is 1.29. The van der Waals surface area contributed by atoms with Crippen LogP contribution >= 0.6 is 11.8 Å². The van der Waals surface area contributed by atoms with E-state index >= 15 is 0 Å². The lowest BCUT2D eigenvalue weighted by molar-refractivity contribution is -0.113. The molecule has 0 aliphatic heterocycles. The van der Waals surface area contributed by atoms with E-state index in [0.717, 1.165) is 0 Å². The van der Waals surface area contributed by atoms with Crippen LogP contribution in [-0.4, -0.2) is 57.7 Å². The normalized spacial score (nSPS) is 10.8. The van der Waals surface area contributed by atoms with Gasteiger partial charge in [0.05, 0.1) is 12.3 Å². The molecule has 0 saturated heterocycles. The average Bonchev–Trinajstić information content (AvgIpc) is 2.90. The minimum absolute atomic E-state index is 0.0470. The van der Waals surface area contributed by atoms with Crippen molar-refractivity contribution in [3.05, 3.63) is 36.2 Å². The van der Waals surface area contributed by atoms with Crippen molar-refractivity contribution in [2.45, 2.75) is 5.16 Å². The molecule has 0 atom stereocenters. The first kappa shape index (κ1) is 17.2. The van der Waals surface area contributed by atoms with Crippen molar-refractivity contribution in [3.63, 3.8) is 0 Å². The number of nitrogens with zero attached hydrogens (tertiary/aromatic N) is 4. The van der Waals surface area contributed by atoms with Gasteiger partial charge in [-0.3, -0.25) is 9.59 Å². The van der Waals surface area contributed by atoms with E-state index in [1.54, 1.807) is 35.2 Å². The number of likely N-dealkylation sites (N-methyl/N-ethyl adjacent to an activating group) is 1. The Morgan fingerprint density at radius 2 is 1.96 bits per heavy atom. The molecule has 1 N–H and O–H groups in total. The molecular formula is C15H19N5O2S. The van der Waals surface area contributed by atoms with Gasteiger partial charge in [0.25, 0.3) is 0 Å². The van der Waals surface area contributed by atoms with Crippen LogP contribution in [0.15, 0.2) is 35.7 Å². The van der Waals surface area contributed by atoms with E-state index in [-0.39, 0.29) is 17.4 Å². The summed E-state index contributed by atoms with van der Waals surface area (Å²) in [6.45, 7) is 0.361. The molecule has 0 fully saturated rings. The third-order valence-electron chi connectivity index (χ3n) is 2.95. The predicted molar refractivity (Wildman–Crippen MR) is 89.7 cm³/mol. The van der Waals surface area contributed by atoms with Crippen LogP contribution in [0.4, 0.5) is 5.69 Å². The number of ketones is 1. The summed E-state index contributed by atoms with van der Waals surface area (Å²) in [5.74, 6) is 0.157. The van der Waals surface area contributed by atoms with Crippen LogP contribution in [0.25, 0.3) is 0 Å². The van der Waals surface area contributed by atoms with Crippen LogP contribution in [0.3, 0.4) is 0 Å². The highest BCUT2D eigenvalue weighted by atomic mass is 32.2. The second kappa shape index (κ2) is 7.89. The summed E-state index contributed by atoms with van der Waals surface area (Å²) in [4.78, 5) is 25.6. The molecule has 0 bridgehead atoms. The topological polar surface area (TPSA) is 80.1 Å². The van der Waals surface area contributed by atoms with E-state index in [4.69, 9.17) is 0 Å². The molecule has 1 aromatic heterocycles. The lowest BCUT2D eigenvalue weighted by Gasteiger charge is -2.09. The molecule has 0 spiro atoms. The Morgan fingerprint density at radius 1 is 1.26 bits per heavy atom. The summed E-state index contributed by atoms with van der Waals surface area (Å²) < 4.78 is 1.75. The van der Waals surface area contributed by atoms with E-state index in [9.17, 15) is 9.59 Å². The molecule has 1 aromatic carbocycles. The van der Waals surface area contributed by atoms with Gasteiger partial charge in [0.1, 0.15) is 6.33 Å². The van der Waals surface area contributed by atoms with Gasteiger partial charge in [-0.2, -0.15) is 0 Å². The molecule has 0 aliphatic rings. The van der Waals surface area contributed by atoms with Crippen molar-refractivity contribution < 1.29 is 9.59 Å². The minimum atomic E-state index is -0.134. The Labute approximate surface area is 139 Å². The number of rotatable bonds is 7. The van der Waals surface area contributed by atoms with E-state index < -0.39 is 0 Å². The summed E-state index contributed by atoms with van der Waals surface area (Å²) >= 11 is 1.31. The average molecular weight is 333 g/mol. The van der Waals surface area contributed by atoms with Gasteiger partial charge in [-0.1, -0.05) is 11.8 Å². The largest absolute Gasteiger partial charge is 0.325 e. The molecule has 2 aromatic rings. The maximum atomic E-state index is 11.9. The van der Waals surface area contributed by atoms with Crippen LogP contribution in [-0.2, 0) is 11.8 Å². The first-order valence-corrected chi connectivity index (χ1v) is 7.99. The molecule has 8 heteroatoms. The van der Waals surface area contributed by atoms with Gasteiger partial charge >= 0.3 is 0 Å². The van der Waals surface area contributed by atoms with E-state index in [0.29, 0.717) is 23.0 Å². The van der Waals surface area contributed by atoms with Gasteiger partial charge in [-0.15, -0.1) is 10.2 Å². The van der Waals surface area contributed by atoms with E-state index in [1.807, 2.05) is 26.0 Å². The van der Waals surface area contributed by atoms with Gasteiger partial charge < -0.3 is 14.8 Å². The fraction of sp³-hybridized carbons (Fsp3) is 0.333. The van der Waals surface area contributed by atoms with Crippen molar-refractivity contribution in [1.82, 2.24) is 19.7 Å². The van der Waals surface area contributed by atoms with E-state index in [1.165, 1.54) is 11.8 Å². The molecule has 122 valence electrons. The van der Waals surface area contributed by atoms with E-state index in [2.05, 4.69) is 15.5 Å². The van der Waals surface area contributed by atoms with Crippen LogP contribution in [0.2, 0.25) is 0 Å². The Hall–Kier alpha value is -2.19. The number of Topliss-reactive ketones (excluding diaryl/α,β-unsaturated/α-hetero) is 1. The smallest absolute Gasteiger partial charge is 0.234 e. The summed E-state index contributed by atoms with van der Waals surface area (Å²) in [7, 11) is 5.52. The molecule has 0 saturated carbocycles. The highest BCUT2D eigenvalue weighted by molar-refractivity contribution is 7.99. The van der Waals surface area contributed by atoms with Crippen molar-refractivity contribution in [3.8, 4) is 0 Å². The fourth-order valence-corrected chi connectivity index (χ4v) is 2.54. The van der Waals surface area contributed by atoms with Crippen molar-refractivity contribution in [1.29, 1.82) is 0 Å². The van der Waals surface area contributed by atoms with Crippen LogP contribution in [0.1, 0.15) is 10.4 Å². The summed E-state index contributed by atoms with van der Waals surface area (Å²) in [6, 6.07) is 6.90. The highest BCUT2D eigenvalue weighted by Crippen LogP contribution is 2.15. The maximum absolute atomic E-state index is 11.9. The Balaban J connectivity index is 1.86. The maximum Gasteiger partial charge on any atom is 0.234 e. The number of amides is 1. The Morgan fingerprint density at radius 3 is 2.52 bits per heavy atom. The summed E-state index contributed by atoms with van der Waals surface area (Å²) in [5, 5.41) is 11.1. The number of carbonyl (C=O) groups excluding carboxylic acids is 2. The number of carbonyl (C=O) groups is 2. The zero-order valence-electron chi connectivity index (χ0n) is 13.3. The second-order valence-electron chi connectivity index (χ2n) is 5.30. The zero-order valence-corrected chi connectivity index (χ0v) is 14.1. The van der Waals surface area contributed by atoms with Gasteiger partial charge in [0.15, 0.2) is 10.9 Å².